The molecule has 0 atom stereocenters. The molecule has 0 aliphatic rings. The second kappa shape index (κ2) is 7.55. The van der Waals surface area contributed by atoms with Crippen LogP contribution in [0.15, 0.2) is 42.5 Å². The highest BCUT2D eigenvalue weighted by Crippen LogP contribution is 2.29. The Morgan fingerprint density at radius 2 is 1.81 bits per heavy atom. The number of esters is 1. The summed E-state index contributed by atoms with van der Waals surface area (Å²) in [5, 5.41) is 14.1. The van der Waals surface area contributed by atoms with Crippen LogP contribution >= 0.6 is 11.3 Å². The largest absolute Gasteiger partial charge is 0.451 e. The van der Waals surface area contributed by atoms with Crippen molar-refractivity contribution in [2.45, 2.75) is 13.8 Å². The number of rotatable bonds is 5. The fourth-order valence-corrected chi connectivity index (χ4v) is 3.63. The second-order valence-corrected chi connectivity index (χ2v) is 7.17. The van der Waals surface area contributed by atoms with Gasteiger partial charge in [-0.2, -0.15) is 0 Å². The summed E-state index contributed by atoms with van der Waals surface area (Å²) in [5.41, 5.74) is 2.62. The van der Waals surface area contributed by atoms with E-state index in [1.54, 1.807) is 6.07 Å². The maximum Gasteiger partial charge on any atom is 0.348 e. The lowest BCUT2D eigenvalue weighted by Crippen LogP contribution is -2.20. The smallest absolute Gasteiger partial charge is 0.348 e. The molecule has 27 heavy (non-hydrogen) atoms. The van der Waals surface area contributed by atoms with E-state index in [0.29, 0.717) is 11.1 Å². The molecule has 1 amide bonds. The Balaban J connectivity index is 1.64. The lowest BCUT2D eigenvalue weighted by atomic mass is 10.1. The first kappa shape index (κ1) is 18.5. The van der Waals surface area contributed by atoms with E-state index in [9.17, 15) is 19.7 Å². The van der Waals surface area contributed by atoms with Crippen LogP contribution in [0.5, 0.6) is 0 Å². The second-order valence-electron chi connectivity index (χ2n) is 6.09. The molecule has 138 valence electrons. The topological polar surface area (TPSA) is 98.5 Å². The number of thiophene rings is 1. The maximum atomic E-state index is 12.2. The fourth-order valence-electron chi connectivity index (χ4n) is 2.69. The van der Waals surface area contributed by atoms with Crippen LogP contribution < -0.4 is 5.32 Å². The van der Waals surface area contributed by atoms with Crippen molar-refractivity contribution in [3.63, 3.8) is 0 Å². The predicted octanol–water partition coefficient (Wildman–Crippen LogP) is 4.22. The summed E-state index contributed by atoms with van der Waals surface area (Å²) >= 11 is 1.16. The molecular formula is C19H16N2O5S. The average molecular weight is 384 g/mol. The van der Waals surface area contributed by atoms with Crippen molar-refractivity contribution in [2.24, 2.45) is 0 Å². The lowest BCUT2D eigenvalue weighted by Gasteiger charge is -2.08. The third-order valence-electron chi connectivity index (χ3n) is 3.75. The van der Waals surface area contributed by atoms with E-state index >= 15 is 0 Å². The van der Waals surface area contributed by atoms with Gasteiger partial charge >= 0.3 is 5.97 Å². The van der Waals surface area contributed by atoms with Gasteiger partial charge in [0.2, 0.25) is 0 Å². The number of carbonyl (C=O) groups is 2. The summed E-state index contributed by atoms with van der Waals surface area (Å²) in [4.78, 5) is 34.8. The molecule has 1 heterocycles. The molecule has 1 aromatic heterocycles. The number of nitro groups is 1. The van der Waals surface area contributed by atoms with E-state index in [-0.39, 0.29) is 10.6 Å². The van der Waals surface area contributed by atoms with Gasteiger partial charge in [-0.3, -0.25) is 14.9 Å². The minimum Gasteiger partial charge on any atom is -0.451 e. The molecule has 0 saturated heterocycles. The number of non-ortho nitro benzene ring substituents is 1. The highest BCUT2D eigenvalue weighted by Gasteiger charge is 2.16. The molecular weight excluding hydrogens is 368 g/mol. The molecule has 0 aliphatic carbocycles. The summed E-state index contributed by atoms with van der Waals surface area (Å²) in [6.45, 7) is 3.43. The number of nitro benzene ring substituents is 1. The molecule has 0 bridgehead atoms. The quantitative estimate of drug-likeness (QED) is 0.403. The first-order valence-electron chi connectivity index (χ1n) is 8.05. The number of hydrogen-bond donors (Lipinski definition) is 1. The van der Waals surface area contributed by atoms with Gasteiger partial charge in [-0.25, -0.2) is 4.79 Å². The number of fused-ring (bicyclic) bond motifs is 1. The number of nitrogens with one attached hydrogen (secondary N) is 1. The van der Waals surface area contributed by atoms with Crippen LogP contribution in [0.1, 0.15) is 20.8 Å². The van der Waals surface area contributed by atoms with Crippen LogP contribution in [0.25, 0.3) is 10.1 Å². The van der Waals surface area contributed by atoms with Crippen LogP contribution in [0.3, 0.4) is 0 Å². The van der Waals surface area contributed by atoms with Gasteiger partial charge in [-0.15, -0.1) is 11.3 Å². The van der Waals surface area contributed by atoms with Crippen LogP contribution in [0, 0.1) is 24.0 Å². The van der Waals surface area contributed by atoms with Crippen LogP contribution in [-0.4, -0.2) is 23.4 Å². The number of nitrogens with zero attached hydrogens (tertiary/aromatic N) is 1. The van der Waals surface area contributed by atoms with Crippen LogP contribution in [0.4, 0.5) is 11.4 Å². The predicted molar refractivity (Wildman–Crippen MR) is 103 cm³/mol. The zero-order chi connectivity index (χ0) is 19.6. The number of amides is 1. The van der Waals surface area contributed by atoms with Crippen molar-refractivity contribution in [3.05, 3.63) is 68.6 Å². The Hall–Kier alpha value is -3.26. The first-order valence-corrected chi connectivity index (χ1v) is 8.87. The number of aryl methyl sites for hydroxylation is 2. The van der Waals surface area contributed by atoms with Crippen LogP contribution in [0.2, 0.25) is 0 Å². The van der Waals surface area contributed by atoms with Gasteiger partial charge < -0.3 is 10.1 Å². The van der Waals surface area contributed by atoms with Gasteiger partial charge in [-0.05, 0) is 49.2 Å². The van der Waals surface area contributed by atoms with Gasteiger partial charge in [-0.1, -0.05) is 6.07 Å². The Kier molecular flexibility index (Phi) is 5.18. The molecule has 2 aromatic carbocycles. The van der Waals surface area contributed by atoms with Gasteiger partial charge in [0.1, 0.15) is 4.88 Å². The summed E-state index contributed by atoms with van der Waals surface area (Å²) in [7, 11) is 0. The zero-order valence-electron chi connectivity index (χ0n) is 14.6. The summed E-state index contributed by atoms with van der Waals surface area (Å²) in [6, 6.07) is 11.5. The summed E-state index contributed by atoms with van der Waals surface area (Å²) in [5.74, 6) is -1.08. The van der Waals surface area contributed by atoms with Gasteiger partial charge in [0.05, 0.1) is 4.92 Å². The average Bonchev–Trinajstić information content (AvgIpc) is 3.02. The maximum absolute atomic E-state index is 12.2. The molecule has 0 saturated carbocycles. The van der Waals surface area contributed by atoms with Crippen LogP contribution in [-0.2, 0) is 9.53 Å². The van der Waals surface area contributed by atoms with Gasteiger partial charge in [0.25, 0.3) is 11.6 Å². The van der Waals surface area contributed by atoms with E-state index in [4.69, 9.17) is 4.74 Å². The van der Waals surface area contributed by atoms with Crippen molar-refractivity contribution >= 4 is 44.7 Å². The van der Waals surface area contributed by atoms with E-state index in [1.165, 1.54) is 18.2 Å². The minimum atomic E-state index is -0.644. The minimum absolute atomic E-state index is 0.0481. The number of anilines is 1. The Morgan fingerprint density at radius 1 is 1.11 bits per heavy atom. The van der Waals surface area contributed by atoms with Gasteiger partial charge in [0, 0.05) is 27.9 Å². The number of ether oxygens (including phenoxy) is 1. The molecule has 8 heteroatoms. The number of hydrogen-bond acceptors (Lipinski definition) is 6. The highest BCUT2D eigenvalue weighted by molar-refractivity contribution is 7.20. The normalized spacial score (nSPS) is 10.6. The third kappa shape index (κ3) is 4.48. The first-order chi connectivity index (χ1) is 12.8. The van der Waals surface area contributed by atoms with Crippen molar-refractivity contribution in [1.82, 2.24) is 0 Å². The van der Waals surface area contributed by atoms with E-state index < -0.39 is 23.4 Å². The Bertz CT molecular complexity index is 1040. The number of carbonyl (C=O) groups excluding carboxylic acids is 2. The third-order valence-corrected chi connectivity index (χ3v) is 4.85. The standard InChI is InChI=1S/C19H16N2O5S/c1-11-5-12(2)7-14(6-11)20-18(22)10-26-19(23)17-9-13-8-15(21(24)25)3-4-16(13)27-17/h3-9H,10H2,1-2H3,(H,20,22). The zero-order valence-corrected chi connectivity index (χ0v) is 15.5. The summed E-state index contributed by atoms with van der Waals surface area (Å²) in [6.07, 6.45) is 0. The molecule has 1 N–H and O–H groups in total. The molecule has 0 fully saturated rings. The molecule has 3 rings (SSSR count). The molecule has 7 nitrogen and oxygen atoms in total. The molecule has 0 spiro atoms. The van der Waals surface area contributed by atoms with Crippen molar-refractivity contribution < 1.29 is 19.2 Å². The van der Waals surface area contributed by atoms with E-state index in [0.717, 1.165) is 27.2 Å². The van der Waals surface area contributed by atoms with Gasteiger partial charge in [0.15, 0.2) is 6.61 Å². The molecule has 0 unspecified atom stereocenters. The van der Waals surface area contributed by atoms with Crippen molar-refractivity contribution in [2.75, 3.05) is 11.9 Å². The highest BCUT2D eigenvalue weighted by atomic mass is 32.1. The van der Waals surface area contributed by atoms with E-state index in [1.807, 2.05) is 32.0 Å². The summed E-state index contributed by atoms with van der Waals surface area (Å²) < 4.78 is 5.78. The SMILES string of the molecule is Cc1cc(C)cc(NC(=O)COC(=O)c2cc3cc([N+](=O)[O-])ccc3s2)c1. The Labute approximate surface area is 158 Å². The lowest BCUT2D eigenvalue weighted by molar-refractivity contribution is -0.384. The fraction of sp³-hybridized carbons (Fsp3) is 0.158. The molecule has 0 aliphatic heterocycles. The van der Waals surface area contributed by atoms with E-state index in [2.05, 4.69) is 5.32 Å². The monoisotopic (exact) mass is 384 g/mol. The number of benzene rings is 2. The van der Waals surface area contributed by atoms with Crippen molar-refractivity contribution in [1.29, 1.82) is 0 Å². The Morgan fingerprint density at radius 3 is 2.48 bits per heavy atom. The molecule has 3 aromatic rings. The molecule has 0 radical (unpaired) electrons. The van der Waals surface area contributed by atoms with Crippen molar-refractivity contribution in [3.8, 4) is 0 Å².